The highest BCUT2D eigenvalue weighted by atomic mass is 16.5. The van der Waals surface area contributed by atoms with Crippen molar-refractivity contribution in [2.75, 3.05) is 13.3 Å². The van der Waals surface area contributed by atoms with Gasteiger partial charge in [-0.15, -0.1) is 0 Å². The number of urea groups is 1. The van der Waals surface area contributed by atoms with Crippen LogP contribution in [0.2, 0.25) is 0 Å². The number of amides is 5. The molecule has 1 aromatic carbocycles. The van der Waals surface area contributed by atoms with Gasteiger partial charge in [0.15, 0.2) is 6.73 Å². The van der Waals surface area contributed by atoms with Crippen LogP contribution in [0.3, 0.4) is 0 Å². The SMILES string of the molecule is C[C@H]1CCCC[C@@]12NC(=O)N(CC(=O)OCN1C(=O)c3ccccc3C1=O)C2=O. The first kappa shape index (κ1) is 19.1. The Balaban J connectivity index is 1.38. The molecule has 4 rings (SSSR count). The van der Waals surface area contributed by atoms with Crippen LogP contribution in [0.5, 0.6) is 0 Å². The lowest BCUT2D eigenvalue weighted by Gasteiger charge is -2.36. The highest BCUT2D eigenvalue weighted by Gasteiger charge is 2.55. The first-order valence-corrected chi connectivity index (χ1v) is 9.60. The lowest BCUT2D eigenvalue weighted by Crippen LogP contribution is -2.54. The molecule has 2 aliphatic heterocycles. The van der Waals surface area contributed by atoms with E-state index < -0.39 is 48.5 Å². The molecule has 3 aliphatic rings. The summed E-state index contributed by atoms with van der Waals surface area (Å²) >= 11 is 0. The third kappa shape index (κ3) is 2.97. The minimum Gasteiger partial charge on any atom is -0.442 e. The molecule has 1 spiro atoms. The van der Waals surface area contributed by atoms with Gasteiger partial charge in [-0.2, -0.15) is 0 Å². The second kappa shape index (κ2) is 6.98. The highest BCUT2D eigenvalue weighted by Crippen LogP contribution is 2.38. The number of carbonyl (C=O) groups is 5. The fourth-order valence-corrected chi connectivity index (χ4v) is 4.31. The van der Waals surface area contributed by atoms with Crippen molar-refractivity contribution in [3.63, 3.8) is 0 Å². The van der Waals surface area contributed by atoms with Crippen molar-refractivity contribution in [3.8, 4) is 0 Å². The first-order valence-electron chi connectivity index (χ1n) is 9.60. The van der Waals surface area contributed by atoms with Gasteiger partial charge in [0.05, 0.1) is 11.1 Å². The van der Waals surface area contributed by atoms with Gasteiger partial charge in [-0.05, 0) is 30.9 Å². The minimum absolute atomic E-state index is 0.0212. The van der Waals surface area contributed by atoms with Crippen LogP contribution in [0.4, 0.5) is 4.79 Å². The van der Waals surface area contributed by atoms with E-state index in [2.05, 4.69) is 5.32 Å². The molecular formula is C20H21N3O6. The summed E-state index contributed by atoms with van der Waals surface area (Å²) in [5, 5.41) is 2.76. The quantitative estimate of drug-likeness (QED) is 0.464. The zero-order valence-corrected chi connectivity index (χ0v) is 16.0. The van der Waals surface area contributed by atoms with Crippen LogP contribution >= 0.6 is 0 Å². The van der Waals surface area contributed by atoms with Crippen LogP contribution < -0.4 is 5.32 Å². The summed E-state index contributed by atoms with van der Waals surface area (Å²) in [6.07, 6.45) is 3.19. The molecule has 0 unspecified atom stereocenters. The Labute approximate surface area is 167 Å². The molecule has 29 heavy (non-hydrogen) atoms. The molecule has 2 fully saturated rings. The number of imide groups is 2. The number of rotatable bonds is 4. The summed E-state index contributed by atoms with van der Waals surface area (Å²) in [6, 6.07) is 5.70. The van der Waals surface area contributed by atoms with Crippen molar-refractivity contribution in [1.82, 2.24) is 15.1 Å². The number of nitrogens with zero attached hydrogens (tertiary/aromatic N) is 2. The number of ether oxygens (including phenoxy) is 1. The van der Waals surface area contributed by atoms with Gasteiger partial charge >= 0.3 is 12.0 Å². The second-order valence-electron chi connectivity index (χ2n) is 7.67. The average Bonchev–Trinajstić information content (AvgIpc) is 3.09. The van der Waals surface area contributed by atoms with Gasteiger partial charge in [-0.3, -0.25) is 24.1 Å². The van der Waals surface area contributed by atoms with Crippen LogP contribution in [0, 0.1) is 5.92 Å². The summed E-state index contributed by atoms with van der Waals surface area (Å²) in [5.41, 5.74) is -0.468. The molecule has 1 N–H and O–H groups in total. The zero-order chi connectivity index (χ0) is 20.8. The van der Waals surface area contributed by atoms with Gasteiger partial charge in [0.25, 0.3) is 17.7 Å². The molecule has 9 heteroatoms. The molecule has 5 amide bonds. The number of hydrogen-bond acceptors (Lipinski definition) is 6. The lowest BCUT2D eigenvalue weighted by molar-refractivity contribution is -0.150. The zero-order valence-electron chi connectivity index (χ0n) is 16.0. The molecule has 152 valence electrons. The highest BCUT2D eigenvalue weighted by molar-refractivity contribution is 6.21. The Hall–Kier alpha value is -3.23. The van der Waals surface area contributed by atoms with Gasteiger partial charge in [0.2, 0.25) is 0 Å². The molecule has 1 aliphatic carbocycles. The Morgan fingerprint density at radius 2 is 1.76 bits per heavy atom. The molecule has 0 aromatic heterocycles. The minimum atomic E-state index is -0.960. The van der Waals surface area contributed by atoms with Gasteiger partial charge < -0.3 is 10.1 Å². The Bertz CT molecular complexity index is 894. The van der Waals surface area contributed by atoms with Crippen LogP contribution in [-0.2, 0) is 14.3 Å². The van der Waals surface area contributed by atoms with E-state index in [0.717, 1.165) is 29.1 Å². The van der Waals surface area contributed by atoms with E-state index in [0.29, 0.717) is 6.42 Å². The summed E-state index contributed by atoms with van der Waals surface area (Å²) in [5.74, 6) is -2.42. The van der Waals surface area contributed by atoms with Crippen LogP contribution in [0.1, 0.15) is 53.3 Å². The number of fused-ring (bicyclic) bond motifs is 1. The van der Waals surface area contributed by atoms with Crippen molar-refractivity contribution >= 4 is 29.7 Å². The smallest absolute Gasteiger partial charge is 0.328 e. The monoisotopic (exact) mass is 399 g/mol. The lowest BCUT2D eigenvalue weighted by atomic mass is 9.73. The van der Waals surface area contributed by atoms with Gasteiger partial charge in [0.1, 0.15) is 12.1 Å². The third-order valence-electron chi connectivity index (χ3n) is 6.02. The van der Waals surface area contributed by atoms with Crippen LogP contribution in [0.15, 0.2) is 24.3 Å². The van der Waals surface area contributed by atoms with Gasteiger partial charge in [-0.25, -0.2) is 9.69 Å². The normalized spacial score (nSPS) is 26.2. The van der Waals surface area contributed by atoms with Crippen molar-refractivity contribution in [2.24, 2.45) is 5.92 Å². The Morgan fingerprint density at radius 1 is 1.10 bits per heavy atom. The standard InChI is InChI=1S/C20H21N3O6/c1-12-6-4-5-9-20(12)18(27)22(19(28)21-20)10-15(24)29-11-23-16(25)13-7-2-3-8-14(13)17(23)26/h2-3,7-8,12H,4-6,9-11H2,1H3,(H,21,28)/t12-,20+/m0/s1. The summed E-state index contributed by atoms with van der Waals surface area (Å²) in [4.78, 5) is 63.7. The molecule has 1 saturated heterocycles. The number of hydrogen-bond donors (Lipinski definition) is 1. The number of carbonyl (C=O) groups excluding carboxylic acids is 5. The predicted octanol–water partition coefficient (Wildman–Crippen LogP) is 1.28. The average molecular weight is 399 g/mol. The van der Waals surface area contributed by atoms with Gasteiger partial charge in [0, 0.05) is 0 Å². The Morgan fingerprint density at radius 3 is 2.38 bits per heavy atom. The van der Waals surface area contributed by atoms with Crippen molar-refractivity contribution in [1.29, 1.82) is 0 Å². The van der Waals surface area contributed by atoms with E-state index in [-0.39, 0.29) is 17.0 Å². The van der Waals surface area contributed by atoms with E-state index in [1.165, 1.54) is 12.1 Å². The first-order chi connectivity index (χ1) is 13.8. The largest absolute Gasteiger partial charge is 0.442 e. The van der Waals surface area contributed by atoms with Crippen molar-refractivity contribution in [2.45, 2.75) is 38.1 Å². The summed E-state index contributed by atoms with van der Waals surface area (Å²) in [7, 11) is 0. The summed E-state index contributed by atoms with van der Waals surface area (Å²) < 4.78 is 5.03. The maximum atomic E-state index is 12.9. The van der Waals surface area contributed by atoms with Gasteiger partial charge in [-0.1, -0.05) is 31.9 Å². The van der Waals surface area contributed by atoms with E-state index in [1.54, 1.807) is 12.1 Å². The molecule has 0 radical (unpaired) electrons. The van der Waals surface area contributed by atoms with Crippen molar-refractivity contribution in [3.05, 3.63) is 35.4 Å². The molecular weight excluding hydrogens is 378 g/mol. The molecule has 0 bridgehead atoms. The fraction of sp³-hybridized carbons (Fsp3) is 0.450. The fourth-order valence-electron chi connectivity index (χ4n) is 4.31. The maximum absolute atomic E-state index is 12.9. The third-order valence-corrected chi connectivity index (χ3v) is 6.02. The number of esters is 1. The van der Waals surface area contributed by atoms with Crippen molar-refractivity contribution < 1.29 is 28.7 Å². The Kier molecular flexibility index (Phi) is 4.60. The van der Waals surface area contributed by atoms with Crippen LogP contribution in [-0.4, -0.2) is 58.3 Å². The molecule has 1 saturated carbocycles. The van der Waals surface area contributed by atoms with E-state index >= 15 is 0 Å². The topological polar surface area (TPSA) is 113 Å². The second-order valence-corrected chi connectivity index (χ2v) is 7.67. The molecule has 1 aromatic rings. The van der Waals surface area contributed by atoms with E-state index in [4.69, 9.17) is 4.74 Å². The number of nitrogens with one attached hydrogen (secondary N) is 1. The van der Waals surface area contributed by atoms with E-state index in [1.807, 2.05) is 6.92 Å². The molecule has 2 atom stereocenters. The summed E-state index contributed by atoms with van der Waals surface area (Å²) in [6.45, 7) is 0.778. The molecule has 9 nitrogen and oxygen atoms in total. The maximum Gasteiger partial charge on any atom is 0.328 e. The van der Waals surface area contributed by atoms with Crippen LogP contribution in [0.25, 0.3) is 0 Å². The van der Waals surface area contributed by atoms with E-state index in [9.17, 15) is 24.0 Å². The predicted molar refractivity (Wildman–Crippen MR) is 98.5 cm³/mol. The molecule has 2 heterocycles. The number of benzene rings is 1.